The van der Waals surface area contributed by atoms with E-state index in [0.29, 0.717) is 0 Å². The summed E-state index contributed by atoms with van der Waals surface area (Å²) in [6.45, 7) is 2.21. The lowest BCUT2D eigenvalue weighted by Crippen LogP contribution is -2.34. The number of fused-ring (bicyclic) bond motifs is 2. The van der Waals surface area contributed by atoms with Crippen LogP contribution < -0.4 is 5.73 Å². The van der Waals surface area contributed by atoms with Gasteiger partial charge in [0.25, 0.3) is 0 Å². The van der Waals surface area contributed by atoms with Crippen LogP contribution >= 0.6 is 0 Å². The van der Waals surface area contributed by atoms with E-state index in [1.165, 1.54) is 37.8 Å². The Kier molecular flexibility index (Phi) is 3.90. The van der Waals surface area contributed by atoms with Gasteiger partial charge >= 0.3 is 0 Å². The number of likely N-dealkylation sites (N-methyl/N-ethyl adjacent to an activating group) is 1. The second kappa shape index (κ2) is 5.64. The molecule has 3 rings (SSSR count). The van der Waals surface area contributed by atoms with Crippen LogP contribution in [0.2, 0.25) is 0 Å². The lowest BCUT2D eigenvalue weighted by atomic mass is 9.88. The quantitative estimate of drug-likeness (QED) is 0.879. The van der Waals surface area contributed by atoms with Gasteiger partial charge in [0.2, 0.25) is 0 Å². The maximum atomic E-state index is 6.30. The van der Waals surface area contributed by atoms with E-state index in [4.69, 9.17) is 5.73 Å². The fourth-order valence-electron chi connectivity index (χ4n) is 4.22. The molecule has 2 fully saturated rings. The van der Waals surface area contributed by atoms with Crippen LogP contribution in [0, 0.1) is 17.8 Å². The van der Waals surface area contributed by atoms with E-state index in [0.717, 1.165) is 24.3 Å². The number of nitrogens with zero attached hydrogens (tertiary/aromatic N) is 1. The monoisotopic (exact) mass is 258 g/mol. The molecule has 1 aromatic rings. The Morgan fingerprint density at radius 1 is 1.21 bits per heavy atom. The summed E-state index contributed by atoms with van der Waals surface area (Å²) in [4.78, 5) is 2.45. The number of rotatable bonds is 5. The second-order valence-corrected chi connectivity index (χ2v) is 6.67. The molecule has 0 aromatic heterocycles. The maximum Gasteiger partial charge on any atom is 0.0424 e. The van der Waals surface area contributed by atoms with Gasteiger partial charge in [0.1, 0.15) is 0 Å². The van der Waals surface area contributed by atoms with Gasteiger partial charge in [0, 0.05) is 19.1 Å². The van der Waals surface area contributed by atoms with Crippen molar-refractivity contribution in [1.82, 2.24) is 4.90 Å². The summed E-state index contributed by atoms with van der Waals surface area (Å²) in [5, 5.41) is 0. The van der Waals surface area contributed by atoms with E-state index in [9.17, 15) is 0 Å². The first-order valence-corrected chi connectivity index (χ1v) is 7.71. The molecule has 2 saturated carbocycles. The fourth-order valence-corrected chi connectivity index (χ4v) is 4.22. The molecule has 4 unspecified atom stereocenters. The lowest BCUT2D eigenvalue weighted by molar-refractivity contribution is 0.212. The van der Waals surface area contributed by atoms with Gasteiger partial charge in [-0.05, 0) is 49.6 Å². The summed E-state index contributed by atoms with van der Waals surface area (Å²) in [6.07, 6.45) is 5.95. The van der Waals surface area contributed by atoms with Crippen molar-refractivity contribution in [2.45, 2.75) is 31.7 Å². The van der Waals surface area contributed by atoms with Crippen LogP contribution in [0.1, 0.15) is 37.3 Å². The first kappa shape index (κ1) is 13.1. The molecular formula is C17H26N2. The van der Waals surface area contributed by atoms with Gasteiger partial charge in [-0.25, -0.2) is 0 Å². The minimum atomic E-state index is 0.143. The molecule has 2 nitrogen and oxygen atoms in total. The van der Waals surface area contributed by atoms with E-state index >= 15 is 0 Å². The zero-order valence-electron chi connectivity index (χ0n) is 12.0. The zero-order chi connectivity index (χ0) is 13.2. The molecular weight excluding hydrogens is 232 g/mol. The van der Waals surface area contributed by atoms with Crippen molar-refractivity contribution in [3.8, 4) is 0 Å². The van der Waals surface area contributed by atoms with Crippen molar-refractivity contribution in [2.75, 3.05) is 20.1 Å². The SMILES string of the molecule is CN(CC(N)c1ccccc1)CC1CC2CCC1C2. The Hall–Kier alpha value is -0.860. The molecule has 2 heteroatoms. The molecule has 2 N–H and O–H groups in total. The van der Waals surface area contributed by atoms with E-state index in [1.54, 1.807) is 0 Å². The van der Waals surface area contributed by atoms with Crippen molar-refractivity contribution >= 4 is 0 Å². The highest BCUT2D eigenvalue weighted by Gasteiger charge is 2.39. The number of hydrogen-bond donors (Lipinski definition) is 1. The van der Waals surface area contributed by atoms with Crippen molar-refractivity contribution in [3.63, 3.8) is 0 Å². The van der Waals surface area contributed by atoms with E-state index in [1.807, 2.05) is 0 Å². The number of nitrogens with two attached hydrogens (primary N) is 1. The highest BCUT2D eigenvalue weighted by atomic mass is 15.1. The van der Waals surface area contributed by atoms with Crippen LogP contribution in [0.4, 0.5) is 0 Å². The lowest BCUT2D eigenvalue weighted by Gasteiger charge is -2.28. The molecule has 0 aliphatic heterocycles. The van der Waals surface area contributed by atoms with Crippen molar-refractivity contribution in [2.24, 2.45) is 23.5 Å². The third-order valence-corrected chi connectivity index (χ3v) is 5.17. The first-order chi connectivity index (χ1) is 9.22. The van der Waals surface area contributed by atoms with Gasteiger partial charge in [-0.3, -0.25) is 0 Å². The number of benzene rings is 1. The molecule has 2 aliphatic carbocycles. The Morgan fingerprint density at radius 3 is 2.63 bits per heavy atom. The normalized spacial score (nSPS) is 31.0. The van der Waals surface area contributed by atoms with Gasteiger partial charge in [-0.15, -0.1) is 0 Å². The number of hydrogen-bond acceptors (Lipinski definition) is 2. The predicted molar refractivity (Wildman–Crippen MR) is 79.8 cm³/mol. The third-order valence-electron chi connectivity index (χ3n) is 5.17. The van der Waals surface area contributed by atoms with Crippen LogP contribution in [0.5, 0.6) is 0 Å². The molecule has 0 heterocycles. The van der Waals surface area contributed by atoms with Gasteiger partial charge in [0.05, 0.1) is 0 Å². The summed E-state index contributed by atoms with van der Waals surface area (Å²) < 4.78 is 0. The smallest absolute Gasteiger partial charge is 0.0424 e. The van der Waals surface area contributed by atoms with E-state index in [-0.39, 0.29) is 6.04 Å². The Labute approximate surface area is 117 Å². The van der Waals surface area contributed by atoms with Crippen molar-refractivity contribution in [1.29, 1.82) is 0 Å². The Bertz CT molecular complexity index is 403. The molecule has 0 amide bonds. The van der Waals surface area contributed by atoms with E-state index < -0.39 is 0 Å². The van der Waals surface area contributed by atoms with Crippen molar-refractivity contribution < 1.29 is 0 Å². The van der Waals surface area contributed by atoms with Crippen molar-refractivity contribution in [3.05, 3.63) is 35.9 Å². The van der Waals surface area contributed by atoms with Crippen LogP contribution in [0.15, 0.2) is 30.3 Å². The second-order valence-electron chi connectivity index (χ2n) is 6.67. The maximum absolute atomic E-state index is 6.30. The standard InChI is InChI=1S/C17H26N2/c1-19(11-16-10-13-7-8-15(16)9-13)12-17(18)14-5-3-2-4-6-14/h2-6,13,15-17H,7-12,18H2,1H3. The summed E-state index contributed by atoms with van der Waals surface area (Å²) in [7, 11) is 2.23. The summed E-state index contributed by atoms with van der Waals surface area (Å²) in [5.74, 6) is 3.00. The summed E-state index contributed by atoms with van der Waals surface area (Å²) in [5.41, 5.74) is 7.56. The van der Waals surface area contributed by atoms with Crippen LogP contribution in [-0.4, -0.2) is 25.0 Å². The zero-order valence-corrected chi connectivity index (χ0v) is 12.0. The Morgan fingerprint density at radius 2 is 2.00 bits per heavy atom. The topological polar surface area (TPSA) is 29.3 Å². The molecule has 19 heavy (non-hydrogen) atoms. The highest BCUT2D eigenvalue weighted by molar-refractivity contribution is 5.18. The van der Waals surface area contributed by atoms with E-state index in [2.05, 4.69) is 42.3 Å². The Balaban J connectivity index is 1.50. The average molecular weight is 258 g/mol. The highest BCUT2D eigenvalue weighted by Crippen LogP contribution is 2.48. The third kappa shape index (κ3) is 3.01. The van der Waals surface area contributed by atoms with Gasteiger partial charge < -0.3 is 10.6 Å². The first-order valence-electron chi connectivity index (χ1n) is 7.71. The van der Waals surface area contributed by atoms with Gasteiger partial charge in [-0.1, -0.05) is 36.8 Å². The average Bonchev–Trinajstić information content (AvgIpc) is 3.02. The van der Waals surface area contributed by atoms with Crippen LogP contribution in [-0.2, 0) is 0 Å². The fraction of sp³-hybridized carbons (Fsp3) is 0.647. The molecule has 2 aliphatic rings. The van der Waals surface area contributed by atoms with Crippen LogP contribution in [0.3, 0.4) is 0 Å². The summed E-state index contributed by atoms with van der Waals surface area (Å²) >= 11 is 0. The molecule has 104 valence electrons. The largest absolute Gasteiger partial charge is 0.323 e. The molecule has 0 saturated heterocycles. The molecule has 0 radical (unpaired) electrons. The predicted octanol–water partition coefficient (Wildman–Crippen LogP) is 3.05. The molecule has 1 aromatic carbocycles. The van der Waals surface area contributed by atoms with Gasteiger partial charge in [0.15, 0.2) is 0 Å². The minimum absolute atomic E-state index is 0.143. The summed E-state index contributed by atoms with van der Waals surface area (Å²) in [6, 6.07) is 10.6. The van der Waals surface area contributed by atoms with Gasteiger partial charge in [-0.2, -0.15) is 0 Å². The molecule has 0 spiro atoms. The molecule has 4 atom stereocenters. The minimum Gasteiger partial charge on any atom is -0.323 e. The van der Waals surface area contributed by atoms with Crippen LogP contribution in [0.25, 0.3) is 0 Å². The molecule has 2 bridgehead atoms.